The summed E-state index contributed by atoms with van der Waals surface area (Å²) < 4.78 is 5.04. The van der Waals surface area contributed by atoms with Crippen molar-refractivity contribution in [1.82, 2.24) is 0 Å². The van der Waals surface area contributed by atoms with Crippen molar-refractivity contribution in [3.8, 4) is 11.5 Å². The van der Waals surface area contributed by atoms with E-state index in [2.05, 4.69) is 5.32 Å². The molecule has 0 fully saturated rings. The number of hydrogen-bond acceptors (Lipinski definition) is 5. The summed E-state index contributed by atoms with van der Waals surface area (Å²) in [4.78, 5) is 10.5. The minimum absolute atomic E-state index is 0.0640. The van der Waals surface area contributed by atoms with Crippen molar-refractivity contribution in [1.29, 1.82) is 0 Å². The van der Waals surface area contributed by atoms with Crippen molar-refractivity contribution in [2.45, 2.75) is 13.5 Å². The molecule has 21 heavy (non-hydrogen) atoms. The van der Waals surface area contributed by atoms with Gasteiger partial charge in [-0.05, 0) is 19.1 Å². The van der Waals surface area contributed by atoms with Crippen molar-refractivity contribution >= 4 is 11.4 Å². The fourth-order valence-corrected chi connectivity index (χ4v) is 1.99. The van der Waals surface area contributed by atoms with Crippen LogP contribution in [0.5, 0.6) is 11.5 Å². The van der Waals surface area contributed by atoms with Crippen LogP contribution in [0, 0.1) is 17.0 Å². The van der Waals surface area contributed by atoms with Gasteiger partial charge in [-0.3, -0.25) is 10.1 Å². The zero-order valence-corrected chi connectivity index (χ0v) is 11.8. The Hall–Kier alpha value is -2.76. The number of nitrogens with zero attached hydrogens (tertiary/aromatic N) is 1. The number of nitro benzene ring substituents is 1. The van der Waals surface area contributed by atoms with Crippen LogP contribution in [-0.4, -0.2) is 17.1 Å². The molecule has 0 saturated carbocycles. The lowest BCUT2D eigenvalue weighted by Crippen LogP contribution is -2.01. The van der Waals surface area contributed by atoms with E-state index in [-0.39, 0.29) is 11.4 Å². The maximum absolute atomic E-state index is 10.9. The highest BCUT2D eigenvalue weighted by Crippen LogP contribution is 2.30. The summed E-state index contributed by atoms with van der Waals surface area (Å²) in [7, 11) is 1.48. The molecule has 0 saturated heterocycles. The monoisotopic (exact) mass is 288 g/mol. The zero-order valence-electron chi connectivity index (χ0n) is 11.8. The molecule has 2 aromatic rings. The molecule has 0 spiro atoms. The molecule has 0 atom stereocenters. The first-order valence-corrected chi connectivity index (χ1v) is 6.36. The third-order valence-electron chi connectivity index (χ3n) is 3.19. The molecule has 2 rings (SSSR count). The topological polar surface area (TPSA) is 84.6 Å². The number of benzene rings is 2. The lowest BCUT2D eigenvalue weighted by Gasteiger charge is -2.11. The second-order valence-corrected chi connectivity index (χ2v) is 4.58. The lowest BCUT2D eigenvalue weighted by molar-refractivity contribution is -0.385. The van der Waals surface area contributed by atoms with Crippen LogP contribution in [0.15, 0.2) is 36.4 Å². The van der Waals surface area contributed by atoms with Crippen LogP contribution >= 0.6 is 0 Å². The van der Waals surface area contributed by atoms with E-state index in [0.717, 1.165) is 0 Å². The molecular weight excluding hydrogens is 272 g/mol. The van der Waals surface area contributed by atoms with Gasteiger partial charge < -0.3 is 15.2 Å². The van der Waals surface area contributed by atoms with Crippen molar-refractivity contribution in [3.63, 3.8) is 0 Å². The fraction of sp³-hybridized carbons (Fsp3) is 0.200. The Kier molecular flexibility index (Phi) is 4.27. The van der Waals surface area contributed by atoms with Gasteiger partial charge in [0.05, 0.1) is 12.0 Å². The number of phenolic OH excluding ortho intramolecular Hbond substituents is 1. The van der Waals surface area contributed by atoms with Crippen LogP contribution in [-0.2, 0) is 6.54 Å². The first-order chi connectivity index (χ1) is 10.0. The molecule has 2 N–H and O–H groups in total. The van der Waals surface area contributed by atoms with E-state index >= 15 is 0 Å². The van der Waals surface area contributed by atoms with Crippen LogP contribution in [0.1, 0.15) is 11.1 Å². The molecule has 6 heteroatoms. The van der Waals surface area contributed by atoms with E-state index in [4.69, 9.17) is 4.74 Å². The zero-order chi connectivity index (χ0) is 15.4. The predicted molar refractivity (Wildman–Crippen MR) is 79.8 cm³/mol. The molecule has 0 bridgehead atoms. The van der Waals surface area contributed by atoms with Gasteiger partial charge in [0.15, 0.2) is 11.5 Å². The second kappa shape index (κ2) is 6.13. The van der Waals surface area contributed by atoms with Crippen LogP contribution in [0.3, 0.4) is 0 Å². The van der Waals surface area contributed by atoms with E-state index in [1.165, 1.54) is 13.2 Å². The third-order valence-corrected chi connectivity index (χ3v) is 3.19. The van der Waals surface area contributed by atoms with Gasteiger partial charge in [-0.15, -0.1) is 0 Å². The third kappa shape index (κ3) is 3.22. The molecule has 0 aliphatic carbocycles. The Bertz CT molecular complexity index is 671. The summed E-state index contributed by atoms with van der Waals surface area (Å²) in [5.41, 5.74) is 1.94. The Morgan fingerprint density at radius 1 is 1.33 bits per heavy atom. The smallest absolute Gasteiger partial charge is 0.274 e. The highest BCUT2D eigenvalue weighted by molar-refractivity contribution is 5.56. The Morgan fingerprint density at radius 2 is 2.10 bits per heavy atom. The van der Waals surface area contributed by atoms with Gasteiger partial charge in [0.1, 0.15) is 0 Å². The largest absolute Gasteiger partial charge is 0.504 e. The van der Waals surface area contributed by atoms with Crippen molar-refractivity contribution in [2.75, 3.05) is 12.4 Å². The van der Waals surface area contributed by atoms with Crippen LogP contribution in [0.2, 0.25) is 0 Å². The maximum atomic E-state index is 10.9. The van der Waals surface area contributed by atoms with Gasteiger partial charge in [0.2, 0.25) is 0 Å². The average Bonchev–Trinajstić information content (AvgIpc) is 2.47. The number of aromatic hydroxyl groups is 1. The molecule has 6 nitrogen and oxygen atoms in total. The van der Waals surface area contributed by atoms with Crippen molar-refractivity contribution in [2.24, 2.45) is 0 Å². The fourth-order valence-electron chi connectivity index (χ4n) is 1.99. The van der Waals surface area contributed by atoms with Crippen LogP contribution in [0.25, 0.3) is 0 Å². The van der Waals surface area contributed by atoms with Gasteiger partial charge in [0, 0.05) is 29.4 Å². The molecule has 0 radical (unpaired) electrons. The molecule has 110 valence electrons. The summed E-state index contributed by atoms with van der Waals surface area (Å²) in [5, 5.41) is 23.9. The standard InChI is InChI=1S/C15H16N2O4/c1-10-6-7-12(8-13(10)17(19)20)16-9-11-4-3-5-14(21-2)15(11)18/h3-8,16,18H,9H2,1-2H3. The van der Waals surface area contributed by atoms with Gasteiger partial charge in [-0.2, -0.15) is 0 Å². The molecule has 0 heterocycles. The molecule has 0 amide bonds. The minimum atomic E-state index is -0.413. The highest BCUT2D eigenvalue weighted by Gasteiger charge is 2.12. The number of nitrogens with one attached hydrogen (secondary N) is 1. The molecular formula is C15H16N2O4. The second-order valence-electron chi connectivity index (χ2n) is 4.58. The number of ether oxygens (including phenoxy) is 1. The number of anilines is 1. The SMILES string of the molecule is COc1cccc(CNc2ccc(C)c([N+](=O)[O-])c2)c1O. The summed E-state index contributed by atoms with van der Waals surface area (Å²) in [6.07, 6.45) is 0. The normalized spacial score (nSPS) is 10.2. The van der Waals surface area contributed by atoms with Gasteiger partial charge in [-0.25, -0.2) is 0 Å². The highest BCUT2D eigenvalue weighted by atomic mass is 16.6. The number of hydrogen-bond donors (Lipinski definition) is 2. The number of nitro groups is 1. The van der Waals surface area contributed by atoms with Gasteiger partial charge in [-0.1, -0.05) is 18.2 Å². The lowest BCUT2D eigenvalue weighted by atomic mass is 10.1. The number of phenols is 1. The summed E-state index contributed by atoms with van der Waals surface area (Å²) in [6.45, 7) is 2.03. The first-order valence-electron chi connectivity index (χ1n) is 6.36. The van der Waals surface area contributed by atoms with Crippen LogP contribution in [0.4, 0.5) is 11.4 Å². The van der Waals surface area contributed by atoms with Crippen LogP contribution < -0.4 is 10.1 Å². The Labute approximate surface area is 122 Å². The molecule has 0 aliphatic heterocycles. The molecule has 0 aliphatic rings. The van der Waals surface area contributed by atoms with E-state index < -0.39 is 4.92 Å². The predicted octanol–water partition coefficient (Wildman–Crippen LogP) is 3.23. The summed E-state index contributed by atoms with van der Waals surface area (Å²) in [5.74, 6) is 0.457. The average molecular weight is 288 g/mol. The van der Waals surface area contributed by atoms with Gasteiger partial charge in [0.25, 0.3) is 5.69 Å². The van der Waals surface area contributed by atoms with E-state index in [1.54, 1.807) is 37.3 Å². The van der Waals surface area contributed by atoms with Gasteiger partial charge >= 0.3 is 0 Å². The minimum Gasteiger partial charge on any atom is -0.504 e. The Balaban J connectivity index is 2.17. The summed E-state index contributed by atoms with van der Waals surface area (Å²) >= 11 is 0. The number of rotatable bonds is 5. The molecule has 2 aromatic carbocycles. The van der Waals surface area contributed by atoms with Crippen molar-refractivity contribution < 1.29 is 14.8 Å². The van der Waals surface area contributed by atoms with E-state index in [9.17, 15) is 15.2 Å². The number of methoxy groups -OCH3 is 1. The first kappa shape index (κ1) is 14.6. The number of aryl methyl sites for hydroxylation is 1. The molecule has 0 unspecified atom stereocenters. The van der Waals surface area contributed by atoms with E-state index in [0.29, 0.717) is 29.1 Å². The summed E-state index contributed by atoms with van der Waals surface area (Å²) in [6, 6.07) is 10.1. The maximum Gasteiger partial charge on any atom is 0.274 e. The van der Waals surface area contributed by atoms with Crippen molar-refractivity contribution in [3.05, 3.63) is 57.6 Å². The molecule has 0 aromatic heterocycles. The van der Waals surface area contributed by atoms with E-state index in [1.807, 2.05) is 0 Å². The Morgan fingerprint density at radius 3 is 2.76 bits per heavy atom. The quantitative estimate of drug-likeness (QED) is 0.651. The number of para-hydroxylation sites is 1.